The number of aryl methyl sites for hydroxylation is 2. The summed E-state index contributed by atoms with van der Waals surface area (Å²) < 4.78 is 5.49. The Balaban J connectivity index is 1.78. The number of carbonyl (C=O) groups excluding carboxylic acids is 2. The predicted octanol–water partition coefficient (Wildman–Crippen LogP) is 3.93. The molecular weight excluding hydrogens is 374 g/mol. The number of anilines is 2. The smallest absolute Gasteiger partial charge is 0.264 e. The fraction of sp³-hybridized carbons (Fsp3) is 0.286. The molecule has 0 heterocycles. The molecule has 0 aliphatic carbocycles. The maximum Gasteiger partial charge on any atom is 0.264 e. The van der Waals surface area contributed by atoms with Gasteiger partial charge in [0.15, 0.2) is 11.7 Å². The first-order valence-corrected chi connectivity index (χ1v) is 9.49. The van der Waals surface area contributed by atoms with Crippen molar-refractivity contribution < 1.29 is 14.3 Å². The van der Waals surface area contributed by atoms with Gasteiger partial charge < -0.3 is 15.4 Å². The first-order chi connectivity index (χ1) is 13.4. The van der Waals surface area contributed by atoms with Crippen LogP contribution in [0.15, 0.2) is 42.5 Å². The van der Waals surface area contributed by atoms with E-state index in [0.29, 0.717) is 23.5 Å². The lowest BCUT2D eigenvalue weighted by molar-refractivity contribution is -0.121. The quantitative estimate of drug-likeness (QED) is 0.615. The van der Waals surface area contributed by atoms with E-state index < -0.39 is 0 Å². The van der Waals surface area contributed by atoms with E-state index in [1.807, 2.05) is 39.0 Å². The van der Waals surface area contributed by atoms with Crippen LogP contribution in [0.1, 0.15) is 30.9 Å². The third-order valence-electron chi connectivity index (χ3n) is 4.00. The van der Waals surface area contributed by atoms with Gasteiger partial charge in [-0.15, -0.1) is 0 Å². The molecule has 2 aromatic carbocycles. The van der Waals surface area contributed by atoms with Gasteiger partial charge in [0.25, 0.3) is 5.91 Å². The minimum absolute atomic E-state index is 0.0187. The summed E-state index contributed by atoms with van der Waals surface area (Å²) in [5.41, 5.74) is 3.68. The van der Waals surface area contributed by atoms with E-state index in [0.717, 1.165) is 17.5 Å². The van der Waals surface area contributed by atoms with Crippen LogP contribution < -0.4 is 20.7 Å². The van der Waals surface area contributed by atoms with Crippen LogP contribution in [0.5, 0.6) is 5.75 Å². The highest BCUT2D eigenvalue weighted by Gasteiger charge is 2.07. The van der Waals surface area contributed by atoms with Crippen molar-refractivity contribution >= 4 is 40.5 Å². The van der Waals surface area contributed by atoms with Gasteiger partial charge in [-0.3, -0.25) is 14.9 Å². The predicted molar refractivity (Wildman–Crippen MR) is 116 cm³/mol. The molecule has 0 aliphatic heterocycles. The molecule has 0 saturated carbocycles. The molecule has 148 valence electrons. The summed E-state index contributed by atoms with van der Waals surface area (Å²) in [5.74, 6) is 0.270. The molecule has 0 atom stereocenters. The van der Waals surface area contributed by atoms with Crippen molar-refractivity contribution in [3.63, 3.8) is 0 Å². The molecule has 28 heavy (non-hydrogen) atoms. The second-order valence-electron chi connectivity index (χ2n) is 6.41. The maximum atomic E-state index is 12.0. The van der Waals surface area contributed by atoms with Gasteiger partial charge >= 0.3 is 0 Å². The molecule has 0 radical (unpaired) electrons. The van der Waals surface area contributed by atoms with E-state index in [1.165, 1.54) is 0 Å². The van der Waals surface area contributed by atoms with E-state index >= 15 is 0 Å². The minimum Gasteiger partial charge on any atom is -0.484 e. The number of carbonyl (C=O) groups is 2. The molecule has 2 aromatic rings. The Kier molecular flexibility index (Phi) is 7.95. The number of amides is 2. The van der Waals surface area contributed by atoms with Crippen molar-refractivity contribution in [2.75, 3.05) is 17.2 Å². The van der Waals surface area contributed by atoms with Crippen molar-refractivity contribution in [2.24, 2.45) is 0 Å². The molecule has 6 nitrogen and oxygen atoms in total. The van der Waals surface area contributed by atoms with Gasteiger partial charge in [0, 0.05) is 17.8 Å². The van der Waals surface area contributed by atoms with E-state index in [-0.39, 0.29) is 23.5 Å². The molecule has 2 rings (SSSR count). The standard InChI is InChI=1S/C21H25N3O3S/c1-4-5-19(25)22-16-7-9-17(10-8-16)23-21(28)24-20(26)13-27-18-11-6-14(2)15(3)12-18/h6-12H,4-5,13H2,1-3H3,(H,22,25)(H2,23,24,26,28). The van der Waals surface area contributed by atoms with Crippen molar-refractivity contribution in [1.29, 1.82) is 0 Å². The monoisotopic (exact) mass is 399 g/mol. The lowest BCUT2D eigenvalue weighted by Gasteiger charge is -2.12. The van der Waals surface area contributed by atoms with Crippen molar-refractivity contribution in [3.8, 4) is 5.75 Å². The molecule has 2 amide bonds. The second-order valence-corrected chi connectivity index (χ2v) is 6.82. The maximum absolute atomic E-state index is 12.0. The van der Waals surface area contributed by atoms with Crippen molar-refractivity contribution in [1.82, 2.24) is 5.32 Å². The molecular formula is C21H25N3O3S. The third-order valence-corrected chi connectivity index (χ3v) is 4.21. The van der Waals surface area contributed by atoms with Gasteiger partial charge in [-0.05, 0) is 80.0 Å². The van der Waals surface area contributed by atoms with Crippen LogP contribution in [-0.2, 0) is 9.59 Å². The zero-order valence-corrected chi connectivity index (χ0v) is 17.1. The van der Waals surface area contributed by atoms with Crippen LogP contribution in [0.2, 0.25) is 0 Å². The molecule has 7 heteroatoms. The summed E-state index contributed by atoms with van der Waals surface area (Å²) in [6.45, 7) is 5.82. The zero-order chi connectivity index (χ0) is 20.5. The summed E-state index contributed by atoms with van der Waals surface area (Å²) >= 11 is 5.15. The van der Waals surface area contributed by atoms with Crippen LogP contribution in [0.4, 0.5) is 11.4 Å². The highest BCUT2D eigenvalue weighted by molar-refractivity contribution is 7.80. The Morgan fingerprint density at radius 1 is 0.929 bits per heavy atom. The number of nitrogens with one attached hydrogen (secondary N) is 3. The largest absolute Gasteiger partial charge is 0.484 e. The normalized spacial score (nSPS) is 10.1. The summed E-state index contributed by atoms with van der Waals surface area (Å²) in [5, 5.41) is 8.49. The Morgan fingerprint density at radius 2 is 1.57 bits per heavy atom. The SMILES string of the molecule is CCCC(=O)Nc1ccc(NC(=S)NC(=O)COc2ccc(C)c(C)c2)cc1. The lowest BCUT2D eigenvalue weighted by atomic mass is 10.1. The van der Waals surface area contributed by atoms with Gasteiger partial charge in [-0.1, -0.05) is 13.0 Å². The van der Waals surface area contributed by atoms with Gasteiger partial charge in [0.1, 0.15) is 5.75 Å². The topological polar surface area (TPSA) is 79.5 Å². The van der Waals surface area contributed by atoms with Crippen LogP contribution in [-0.4, -0.2) is 23.5 Å². The molecule has 0 aliphatic rings. The zero-order valence-electron chi connectivity index (χ0n) is 16.3. The first kappa shape index (κ1) is 21.4. The average molecular weight is 400 g/mol. The molecule has 0 fully saturated rings. The van der Waals surface area contributed by atoms with Crippen LogP contribution in [0, 0.1) is 13.8 Å². The lowest BCUT2D eigenvalue weighted by Crippen LogP contribution is -2.37. The van der Waals surface area contributed by atoms with Crippen LogP contribution in [0.25, 0.3) is 0 Å². The number of rotatable bonds is 7. The first-order valence-electron chi connectivity index (χ1n) is 9.08. The summed E-state index contributed by atoms with van der Waals surface area (Å²) in [7, 11) is 0. The fourth-order valence-electron chi connectivity index (χ4n) is 2.37. The van der Waals surface area contributed by atoms with Crippen LogP contribution >= 0.6 is 12.2 Å². The van der Waals surface area contributed by atoms with Gasteiger partial charge in [0.2, 0.25) is 5.91 Å². The fourth-order valence-corrected chi connectivity index (χ4v) is 2.60. The van der Waals surface area contributed by atoms with Gasteiger partial charge in [0.05, 0.1) is 0 Å². The third kappa shape index (κ3) is 7.00. The van der Waals surface area contributed by atoms with E-state index in [2.05, 4.69) is 16.0 Å². The van der Waals surface area contributed by atoms with E-state index in [1.54, 1.807) is 24.3 Å². The molecule has 0 aromatic heterocycles. The van der Waals surface area contributed by atoms with Crippen LogP contribution in [0.3, 0.4) is 0 Å². The Morgan fingerprint density at radius 3 is 2.18 bits per heavy atom. The number of ether oxygens (including phenoxy) is 1. The van der Waals surface area contributed by atoms with Gasteiger partial charge in [-0.25, -0.2) is 0 Å². The molecule has 0 bridgehead atoms. The summed E-state index contributed by atoms with van der Waals surface area (Å²) in [6, 6.07) is 12.7. The number of hydrogen-bond donors (Lipinski definition) is 3. The highest BCUT2D eigenvalue weighted by atomic mass is 32.1. The minimum atomic E-state index is -0.348. The van der Waals surface area contributed by atoms with E-state index in [9.17, 15) is 9.59 Å². The number of hydrogen-bond acceptors (Lipinski definition) is 4. The van der Waals surface area contributed by atoms with Crippen molar-refractivity contribution in [2.45, 2.75) is 33.6 Å². The Labute approximate surface area is 170 Å². The van der Waals surface area contributed by atoms with Gasteiger partial charge in [-0.2, -0.15) is 0 Å². The van der Waals surface area contributed by atoms with E-state index in [4.69, 9.17) is 17.0 Å². The summed E-state index contributed by atoms with van der Waals surface area (Å²) in [6.07, 6.45) is 1.28. The Bertz CT molecular complexity index is 850. The number of thiocarbonyl (C=S) groups is 1. The molecule has 0 unspecified atom stereocenters. The summed E-state index contributed by atoms with van der Waals surface area (Å²) in [4.78, 5) is 23.6. The molecule has 3 N–H and O–H groups in total. The number of benzene rings is 2. The highest BCUT2D eigenvalue weighted by Crippen LogP contribution is 2.16. The Hall–Kier alpha value is -2.93. The second kappa shape index (κ2) is 10.4. The molecule has 0 saturated heterocycles. The molecule has 0 spiro atoms. The average Bonchev–Trinajstić information content (AvgIpc) is 2.64. The van der Waals surface area contributed by atoms with Crippen molar-refractivity contribution in [3.05, 3.63) is 53.6 Å².